The first-order valence-corrected chi connectivity index (χ1v) is 22.2. The number of ether oxygens (including phenoxy) is 4. The highest BCUT2D eigenvalue weighted by molar-refractivity contribution is 6.91. The minimum absolute atomic E-state index is 0.0641. The summed E-state index contributed by atoms with van der Waals surface area (Å²) in [5, 5.41) is 11.3. The number of carbonyl (C=O) groups is 4. The van der Waals surface area contributed by atoms with E-state index in [2.05, 4.69) is 32.2 Å². The maximum atomic E-state index is 15.5. The number of hydrogen-bond acceptors (Lipinski definition) is 9. The van der Waals surface area contributed by atoms with E-state index in [0.29, 0.717) is 48.9 Å². The van der Waals surface area contributed by atoms with Gasteiger partial charge in [0.05, 0.1) is 65.7 Å². The van der Waals surface area contributed by atoms with Gasteiger partial charge in [-0.2, -0.15) is 0 Å². The molecule has 0 aromatic heterocycles. The Morgan fingerprint density at radius 3 is 2.25 bits per heavy atom. The average molecular weight is 769 g/mol. The second-order valence-electron chi connectivity index (χ2n) is 15.7. The lowest BCUT2D eigenvalue weighted by molar-refractivity contribution is -0.150. The van der Waals surface area contributed by atoms with Crippen LogP contribution in [0.5, 0.6) is 5.75 Å². The molecular formula is C41H48N4O9Si. The fourth-order valence-corrected chi connectivity index (χ4v) is 13.7. The highest BCUT2D eigenvalue weighted by Gasteiger charge is 2.66. The molecule has 3 aromatic carbocycles. The van der Waals surface area contributed by atoms with Gasteiger partial charge in [0, 0.05) is 29.4 Å². The average Bonchev–Trinajstić information content (AvgIpc) is 4.02. The van der Waals surface area contributed by atoms with E-state index in [1.54, 1.807) is 26.7 Å². The van der Waals surface area contributed by atoms with E-state index in [0.717, 1.165) is 29.3 Å². The molecule has 290 valence electrons. The number of cyclic esters (lactones) is 2. The number of amides is 4. The number of hydrogen-bond donors (Lipinski definition) is 1. The van der Waals surface area contributed by atoms with Gasteiger partial charge < -0.3 is 33.9 Å². The molecule has 0 radical (unpaired) electrons. The molecular weight excluding hydrogens is 721 g/mol. The summed E-state index contributed by atoms with van der Waals surface area (Å²) < 4.78 is 23.2. The number of anilines is 3. The van der Waals surface area contributed by atoms with Gasteiger partial charge in [0.25, 0.3) is 5.91 Å². The van der Waals surface area contributed by atoms with Crippen LogP contribution >= 0.6 is 0 Å². The fourth-order valence-electron chi connectivity index (χ4n) is 9.73. The van der Waals surface area contributed by atoms with Crippen LogP contribution in [0.25, 0.3) is 0 Å². The third kappa shape index (κ3) is 6.14. The third-order valence-electron chi connectivity index (χ3n) is 12.5. The zero-order valence-corrected chi connectivity index (χ0v) is 32.7. The van der Waals surface area contributed by atoms with E-state index >= 15 is 4.79 Å². The van der Waals surface area contributed by atoms with E-state index in [1.807, 2.05) is 54.6 Å². The van der Waals surface area contributed by atoms with Gasteiger partial charge in [-0.15, -0.1) is 0 Å². The molecule has 5 aliphatic rings. The summed E-state index contributed by atoms with van der Waals surface area (Å²) in [4.78, 5) is 61.5. The van der Waals surface area contributed by atoms with Crippen LogP contribution in [0.15, 0.2) is 66.7 Å². The Bertz CT molecular complexity index is 2010. The maximum Gasteiger partial charge on any atom is 0.414 e. The SMILES string of the molecule is COc1ccc([Si](C)(C)[C@H]2[C@H](CC(=O)N3CCC[C@H]3CO)O[C@@]3(C(=O)N(Cc4cccc(N5CCOC5=O)c4)c4ccc(N5CCOC5=O)cc43)[C@@H]2C)cc1. The summed E-state index contributed by atoms with van der Waals surface area (Å²) >= 11 is 0. The highest BCUT2D eigenvalue weighted by atomic mass is 28.3. The predicted octanol–water partition coefficient (Wildman–Crippen LogP) is 4.74. The lowest BCUT2D eigenvalue weighted by atomic mass is 9.82. The third-order valence-corrected chi connectivity index (χ3v) is 16.9. The Morgan fingerprint density at radius 2 is 1.62 bits per heavy atom. The van der Waals surface area contributed by atoms with Crippen molar-refractivity contribution in [3.63, 3.8) is 0 Å². The molecule has 1 N–H and O–H groups in total. The standard InChI is InChI=1S/C41H48N4O9Si/c1-26-37(55(3,4)32-13-11-31(51-2)12-14-32)35(23-36(47)42-16-6-9-30(42)25-46)54-41(26)33-22-29(44-18-20-53-40(44)50)10-15-34(33)45(38(41)48)24-27-7-5-8-28(21-27)43-17-19-52-39(43)49/h5,7-8,10-15,21-22,26,30,35,37,46H,6,9,16-20,23-25H2,1-4H3/t26-,30+,35+,37-,41+/m1/s1. The molecule has 0 aliphatic carbocycles. The summed E-state index contributed by atoms with van der Waals surface area (Å²) in [6.07, 6.45) is 0.149. The van der Waals surface area contributed by atoms with Crippen molar-refractivity contribution in [1.29, 1.82) is 0 Å². The Kier molecular flexibility index (Phi) is 9.62. The number of fused-ring (bicyclic) bond motifs is 2. The predicted molar refractivity (Wildman–Crippen MR) is 207 cm³/mol. The molecule has 0 unspecified atom stereocenters. The summed E-state index contributed by atoms with van der Waals surface area (Å²) in [5.41, 5.74) is 1.74. The van der Waals surface area contributed by atoms with Crippen LogP contribution in [-0.4, -0.2) is 101 Å². The van der Waals surface area contributed by atoms with E-state index < -0.39 is 32.0 Å². The Labute approximate surface area is 321 Å². The molecule has 1 spiro atoms. The van der Waals surface area contributed by atoms with E-state index in [1.165, 1.54) is 0 Å². The molecule has 5 atom stereocenters. The van der Waals surface area contributed by atoms with Crippen molar-refractivity contribution in [2.45, 2.75) is 69.1 Å². The van der Waals surface area contributed by atoms with Crippen molar-refractivity contribution in [2.24, 2.45) is 5.92 Å². The molecule has 55 heavy (non-hydrogen) atoms. The first-order chi connectivity index (χ1) is 26.5. The lowest BCUT2D eigenvalue weighted by Crippen LogP contribution is -2.52. The number of aliphatic hydroxyl groups excluding tert-OH is 1. The van der Waals surface area contributed by atoms with E-state index in [4.69, 9.17) is 18.9 Å². The van der Waals surface area contributed by atoms with Gasteiger partial charge in [0.15, 0.2) is 5.60 Å². The molecule has 4 saturated heterocycles. The molecule has 0 saturated carbocycles. The van der Waals surface area contributed by atoms with Gasteiger partial charge >= 0.3 is 12.2 Å². The van der Waals surface area contributed by atoms with Crippen LogP contribution in [-0.2, 0) is 35.9 Å². The van der Waals surface area contributed by atoms with Gasteiger partial charge in [-0.05, 0) is 66.4 Å². The number of methoxy groups -OCH3 is 1. The van der Waals surface area contributed by atoms with Crippen LogP contribution in [0, 0.1) is 5.92 Å². The number of nitrogens with zero attached hydrogens (tertiary/aromatic N) is 4. The number of likely N-dealkylation sites (tertiary alicyclic amines) is 1. The van der Waals surface area contributed by atoms with Crippen LogP contribution in [0.4, 0.5) is 26.7 Å². The minimum Gasteiger partial charge on any atom is -0.497 e. The van der Waals surface area contributed by atoms with Gasteiger partial charge in [0.1, 0.15) is 19.0 Å². The molecule has 0 bridgehead atoms. The van der Waals surface area contributed by atoms with Gasteiger partial charge in [0.2, 0.25) is 5.91 Å². The Balaban J connectivity index is 1.23. The largest absolute Gasteiger partial charge is 0.497 e. The van der Waals surface area contributed by atoms with Crippen LogP contribution in [0.2, 0.25) is 18.6 Å². The molecule has 13 nitrogen and oxygen atoms in total. The summed E-state index contributed by atoms with van der Waals surface area (Å²) in [7, 11) is -0.931. The number of aliphatic hydroxyl groups is 1. The van der Waals surface area contributed by atoms with Gasteiger partial charge in [-0.25, -0.2) is 9.59 Å². The molecule has 8 rings (SSSR count). The normalized spacial score (nSPS) is 26.3. The topological polar surface area (TPSA) is 138 Å². The van der Waals surface area contributed by atoms with Crippen molar-refractivity contribution in [3.05, 3.63) is 77.9 Å². The van der Waals surface area contributed by atoms with Crippen LogP contribution in [0.1, 0.15) is 37.3 Å². The van der Waals surface area contributed by atoms with E-state index in [9.17, 15) is 19.5 Å². The zero-order chi connectivity index (χ0) is 38.6. The monoisotopic (exact) mass is 768 g/mol. The summed E-state index contributed by atoms with van der Waals surface area (Å²) in [5.74, 6) is 0.0227. The lowest BCUT2D eigenvalue weighted by Gasteiger charge is -2.37. The van der Waals surface area contributed by atoms with Crippen LogP contribution < -0.4 is 24.6 Å². The minimum atomic E-state index is -2.57. The van der Waals surface area contributed by atoms with Crippen LogP contribution in [0.3, 0.4) is 0 Å². The number of carbonyl (C=O) groups excluding carboxylic acids is 4. The fraction of sp³-hybridized carbons (Fsp3) is 0.463. The van der Waals surface area contributed by atoms with Crippen molar-refractivity contribution in [2.75, 3.05) is 61.3 Å². The molecule has 5 aliphatic heterocycles. The van der Waals surface area contributed by atoms with Crippen molar-refractivity contribution >= 4 is 54.3 Å². The highest BCUT2D eigenvalue weighted by Crippen LogP contribution is 2.60. The maximum absolute atomic E-state index is 15.5. The zero-order valence-electron chi connectivity index (χ0n) is 31.7. The van der Waals surface area contributed by atoms with Crippen molar-refractivity contribution in [1.82, 2.24) is 4.90 Å². The van der Waals surface area contributed by atoms with Gasteiger partial charge in [-0.1, -0.05) is 49.5 Å². The van der Waals surface area contributed by atoms with Crippen molar-refractivity contribution in [3.8, 4) is 5.75 Å². The Morgan fingerprint density at radius 1 is 0.927 bits per heavy atom. The second-order valence-corrected chi connectivity index (χ2v) is 20.4. The summed E-state index contributed by atoms with van der Waals surface area (Å²) in [6.45, 7) is 8.67. The second kappa shape index (κ2) is 14.3. The molecule has 4 fully saturated rings. The van der Waals surface area contributed by atoms with Gasteiger partial charge in [-0.3, -0.25) is 19.4 Å². The number of benzene rings is 3. The van der Waals surface area contributed by atoms with E-state index in [-0.39, 0.29) is 55.5 Å². The Hall–Kier alpha value is -4.92. The first kappa shape index (κ1) is 37.0. The van der Waals surface area contributed by atoms with Crippen molar-refractivity contribution < 1.29 is 43.2 Å². The quantitative estimate of drug-likeness (QED) is 0.290. The number of rotatable bonds is 10. The molecule has 14 heteroatoms. The molecule has 3 aromatic rings. The first-order valence-electron chi connectivity index (χ1n) is 19.1. The summed E-state index contributed by atoms with van der Waals surface area (Å²) in [6, 6.07) is 21.0. The molecule has 4 amide bonds. The smallest absolute Gasteiger partial charge is 0.414 e. The molecule has 5 heterocycles.